The highest BCUT2D eigenvalue weighted by atomic mass is 16.5. The molecule has 1 fully saturated rings. The van der Waals surface area contributed by atoms with Crippen LogP contribution in [0, 0.1) is 5.92 Å². The molecule has 0 saturated carbocycles. The number of nitrogens with zero attached hydrogens (tertiary/aromatic N) is 4. The van der Waals surface area contributed by atoms with Crippen LogP contribution >= 0.6 is 0 Å². The lowest BCUT2D eigenvalue weighted by molar-refractivity contribution is 0.0738. The van der Waals surface area contributed by atoms with Gasteiger partial charge in [0.25, 0.3) is 5.91 Å². The molecule has 0 radical (unpaired) electrons. The molecule has 0 bridgehead atoms. The Hall–Kier alpha value is -3.51. The van der Waals surface area contributed by atoms with Gasteiger partial charge in [0.2, 0.25) is 0 Å². The molecule has 1 aliphatic rings. The normalized spacial score (nSPS) is 16.9. The van der Waals surface area contributed by atoms with Crippen LogP contribution in [0.3, 0.4) is 0 Å². The molecule has 3 heterocycles. The van der Waals surface area contributed by atoms with Crippen molar-refractivity contribution < 1.29 is 9.53 Å². The number of imidazole rings is 1. The third kappa shape index (κ3) is 4.20. The maximum Gasteiger partial charge on any atom is 0.254 e. The first-order valence-electron chi connectivity index (χ1n) is 10.6. The first-order valence-corrected chi connectivity index (χ1v) is 10.6. The first-order chi connectivity index (χ1) is 15.3. The Morgan fingerprint density at radius 3 is 2.81 bits per heavy atom. The number of hydrogen-bond donors (Lipinski definition) is 0. The van der Waals surface area contributed by atoms with Gasteiger partial charge in [-0.3, -0.25) is 9.78 Å². The summed E-state index contributed by atoms with van der Waals surface area (Å²) in [5.41, 5.74) is 4.54. The van der Waals surface area contributed by atoms with Gasteiger partial charge in [0.05, 0.1) is 25.1 Å². The van der Waals surface area contributed by atoms with E-state index in [1.54, 1.807) is 12.4 Å². The van der Waals surface area contributed by atoms with Crippen LogP contribution in [0.2, 0.25) is 0 Å². The standard InChI is InChI=1S/C25H24N4O2/c30-25(23-9-5-4-8-22(23)20-6-2-1-3-7-20)29-12-13-31-18-19(16-29)14-21-17-28-11-10-26-24(28)15-27-21/h1-11,15,17,19H,12-14,16,18H2/t19-/m0/s1. The number of hydrogen-bond acceptors (Lipinski definition) is 4. The predicted molar refractivity (Wildman–Crippen MR) is 119 cm³/mol. The number of aromatic nitrogens is 3. The van der Waals surface area contributed by atoms with Gasteiger partial charge in [0.15, 0.2) is 5.65 Å². The second kappa shape index (κ2) is 8.70. The Balaban J connectivity index is 1.37. The highest BCUT2D eigenvalue weighted by Gasteiger charge is 2.25. The molecule has 4 aromatic rings. The molecular weight excluding hydrogens is 388 g/mol. The van der Waals surface area contributed by atoms with Crippen molar-refractivity contribution in [3.8, 4) is 11.1 Å². The fourth-order valence-electron chi connectivity index (χ4n) is 4.17. The van der Waals surface area contributed by atoms with Gasteiger partial charge in [0.1, 0.15) is 0 Å². The minimum atomic E-state index is 0.0490. The number of carbonyl (C=O) groups is 1. The van der Waals surface area contributed by atoms with Gasteiger partial charge in [0, 0.05) is 43.2 Å². The van der Waals surface area contributed by atoms with Crippen molar-refractivity contribution in [3.05, 3.63) is 90.6 Å². The van der Waals surface area contributed by atoms with Crippen molar-refractivity contribution in [2.45, 2.75) is 6.42 Å². The zero-order chi connectivity index (χ0) is 21.0. The Kier molecular flexibility index (Phi) is 5.46. The average molecular weight is 412 g/mol. The number of carbonyl (C=O) groups excluding carboxylic acids is 1. The zero-order valence-corrected chi connectivity index (χ0v) is 17.2. The van der Waals surface area contributed by atoms with Gasteiger partial charge in [-0.15, -0.1) is 0 Å². The van der Waals surface area contributed by atoms with E-state index in [0.717, 1.165) is 34.5 Å². The molecule has 6 nitrogen and oxygen atoms in total. The number of fused-ring (bicyclic) bond motifs is 1. The predicted octanol–water partition coefficient (Wildman–Crippen LogP) is 3.73. The Morgan fingerprint density at radius 1 is 1.06 bits per heavy atom. The van der Waals surface area contributed by atoms with Gasteiger partial charge in [-0.2, -0.15) is 0 Å². The molecule has 0 aliphatic carbocycles. The van der Waals surface area contributed by atoms with Crippen molar-refractivity contribution >= 4 is 11.6 Å². The van der Waals surface area contributed by atoms with Gasteiger partial charge < -0.3 is 14.0 Å². The molecule has 1 aliphatic heterocycles. The molecular formula is C25H24N4O2. The molecule has 0 spiro atoms. The molecule has 1 atom stereocenters. The fraction of sp³-hybridized carbons (Fsp3) is 0.240. The Morgan fingerprint density at radius 2 is 1.90 bits per heavy atom. The molecule has 31 heavy (non-hydrogen) atoms. The van der Waals surface area contributed by atoms with Crippen LogP contribution < -0.4 is 0 Å². The summed E-state index contributed by atoms with van der Waals surface area (Å²) in [7, 11) is 0. The molecule has 1 saturated heterocycles. The molecule has 2 aromatic carbocycles. The largest absolute Gasteiger partial charge is 0.379 e. The summed E-state index contributed by atoms with van der Waals surface area (Å²) in [5, 5.41) is 0. The zero-order valence-electron chi connectivity index (χ0n) is 17.2. The van der Waals surface area contributed by atoms with Crippen LogP contribution in [-0.4, -0.2) is 51.5 Å². The van der Waals surface area contributed by atoms with Crippen molar-refractivity contribution in [1.29, 1.82) is 0 Å². The summed E-state index contributed by atoms with van der Waals surface area (Å²) in [6, 6.07) is 17.9. The summed E-state index contributed by atoms with van der Waals surface area (Å²) in [4.78, 5) is 24.2. The summed E-state index contributed by atoms with van der Waals surface area (Å²) < 4.78 is 7.81. The van der Waals surface area contributed by atoms with E-state index in [9.17, 15) is 4.79 Å². The van der Waals surface area contributed by atoms with Crippen LogP contribution in [0.25, 0.3) is 16.8 Å². The Labute approximate surface area is 181 Å². The van der Waals surface area contributed by atoms with E-state index in [1.165, 1.54) is 0 Å². The Bertz CT molecular complexity index is 1190. The third-order valence-electron chi connectivity index (χ3n) is 5.70. The summed E-state index contributed by atoms with van der Waals surface area (Å²) in [6.07, 6.45) is 8.22. The van der Waals surface area contributed by atoms with Crippen LogP contribution in [0.1, 0.15) is 16.1 Å². The van der Waals surface area contributed by atoms with Crippen LogP contribution in [-0.2, 0) is 11.2 Å². The SMILES string of the molecule is O=C(c1ccccc1-c1ccccc1)N1CCOC[C@@H](Cc2cn3ccnc3cn2)C1. The topological polar surface area (TPSA) is 59.7 Å². The van der Waals surface area contributed by atoms with Gasteiger partial charge >= 0.3 is 0 Å². The van der Waals surface area contributed by atoms with E-state index in [4.69, 9.17) is 4.74 Å². The van der Waals surface area contributed by atoms with E-state index >= 15 is 0 Å². The monoisotopic (exact) mass is 412 g/mol. The lowest BCUT2D eigenvalue weighted by Crippen LogP contribution is -2.36. The summed E-state index contributed by atoms with van der Waals surface area (Å²) in [5.74, 6) is 0.233. The lowest BCUT2D eigenvalue weighted by atomic mass is 9.98. The fourth-order valence-corrected chi connectivity index (χ4v) is 4.17. The number of amides is 1. The number of benzene rings is 2. The van der Waals surface area contributed by atoms with Gasteiger partial charge in [-0.25, -0.2) is 4.98 Å². The average Bonchev–Trinajstić information content (AvgIpc) is 3.16. The lowest BCUT2D eigenvalue weighted by Gasteiger charge is -2.24. The quantitative estimate of drug-likeness (QED) is 0.513. The summed E-state index contributed by atoms with van der Waals surface area (Å²) >= 11 is 0. The minimum Gasteiger partial charge on any atom is -0.379 e. The molecule has 156 valence electrons. The number of rotatable bonds is 4. The summed E-state index contributed by atoms with van der Waals surface area (Å²) in [6.45, 7) is 2.40. The van der Waals surface area contributed by atoms with Crippen molar-refractivity contribution in [1.82, 2.24) is 19.3 Å². The molecule has 1 amide bonds. The van der Waals surface area contributed by atoms with Crippen molar-refractivity contribution in [2.75, 3.05) is 26.3 Å². The number of ether oxygens (including phenoxy) is 1. The maximum atomic E-state index is 13.5. The van der Waals surface area contributed by atoms with Gasteiger partial charge in [-0.05, 0) is 23.6 Å². The molecule has 0 unspecified atom stereocenters. The minimum absolute atomic E-state index is 0.0490. The molecule has 0 N–H and O–H groups in total. The van der Waals surface area contributed by atoms with Gasteiger partial charge in [-0.1, -0.05) is 48.5 Å². The van der Waals surface area contributed by atoms with E-state index in [2.05, 4.69) is 9.97 Å². The highest BCUT2D eigenvalue weighted by Crippen LogP contribution is 2.25. The van der Waals surface area contributed by atoms with E-state index in [1.807, 2.05) is 76.3 Å². The second-order valence-corrected chi connectivity index (χ2v) is 7.88. The highest BCUT2D eigenvalue weighted by molar-refractivity contribution is 6.00. The van der Waals surface area contributed by atoms with Crippen molar-refractivity contribution in [2.24, 2.45) is 5.92 Å². The smallest absolute Gasteiger partial charge is 0.254 e. The van der Waals surface area contributed by atoms with Crippen LogP contribution in [0.4, 0.5) is 0 Å². The van der Waals surface area contributed by atoms with E-state index < -0.39 is 0 Å². The second-order valence-electron chi connectivity index (χ2n) is 7.88. The van der Waals surface area contributed by atoms with Crippen molar-refractivity contribution in [3.63, 3.8) is 0 Å². The third-order valence-corrected chi connectivity index (χ3v) is 5.70. The van der Waals surface area contributed by atoms with Crippen LogP contribution in [0.5, 0.6) is 0 Å². The molecule has 2 aromatic heterocycles. The van der Waals surface area contributed by atoms with E-state index in [-0.39, 0.29) is 11.8 Å². The van der Waals surface area contributed by atoms with E-state index in [0.29, 0.717) is 26.3 Å². The maximum absolute atomic E-state index is 13.5. The first kappa shape index (κ1) is 19.5. The molecule has 6 heteroatoms. The molecule has 5 rings (SSSR count). The van der Waals surface area contributed by atoms with Crippen LogP contribution in [0.15, 0.2) is 79.4 Å².